The van der Waals surface area contributed by atoms with E-state index in [9.17, 15) is 5.11 Å². The minimum Gasteiger partial charge on any atom is -0.394 e. The van der Waals surface area contributed by atoms with E-state index in [1.165, 1.54) is 0 Å². The molecule has 174 valence electrons. The summed E-state index contributed by atoms with van der Waals surface area (Å²) < 4.78 is 0. The average Bonchev–Trinajstić information content (AvgIpc) is 2.76. The first-order valence-electron chi connectivity index (χ1n) is 11.1. The number of aliphatic hydroxyl groups excluding tert-OH is 1. The number of hydrogen-bond donors (Lipinski definition) is 6. The Labute approximate surface area is 188 Å². The van der Waals surface area contributed by atoms with Crippen molar-refractivity contribution >= 4 is 17.8 Å². The molecular formula is C21H34N10O. The normalized spacial score (nSPS) is 27.3. The number of anilines is 3. The van der Waals surface area contributed by atoms with Crippen LogP contribution in [0.15, 0.2) is 30.3 Å². The third kappa shape index (κ3) is 5.43. The van der Waals surface area contributed by atoms with Crippen molar-refractivity contribution < 1.29 is 5.11 Å². The highest BCUT2D eigenvalue weighted by molar-refractivity contribution is 5.47. The molecule has 2 saturated heterocycles. The van der Waals surface area contributed by atoms with Gasteiger partial charge in [-0.25, -0.2) is 0 Å². The van der Waals surface area contributed by atoms with Crippen LogP contribution in [0.25, 0.3) is 0 Å². The van der Waals surface area contributed by atoms with Crippen LogP contribution in [0.3, 0.4) is 0 Å². The average molecular weight is 443 g/mol. The van der Waals surface area contributed by atoms with Gasteiger partial charge in [0.1, 0.15) is 0 Å². The largest absolute Gasteiger partial charge is 0.394 e. The molecule has 32 heavy (non-hydrogen) atoms. The summed E-state index contributed by atoms with van der Waals surface area (Å²) in [6.45, 7) is 2.32. The van der Waals surface area contributed by atoms with E-state index >= 15 is 0 Å². The van der Waals surface area contributed by atoms with Crippen molar-refractivity contribution in [2.45, 2.75) is 43.1 Å². The molecule has 3 heterocycles. The van der Waals surface area contributed by atoms with Crippen molar-refractivity contribution in [1.82, 2.24) is 15.0 Å². The quantitative estimate of drug-likeness (QED) is 0.314. The predicted octanol–water partition coefficient (Wildman–Crippen LogP) is -1.25. The lowest BCUT2D eigenvalue weighted by Crippen LogP contribution is -2.54. The Bertz CT molecular complexity index is 820. The summed E-state index contributed by atoms with van der Waals surface area (Å²) in [5.41, 5.74) is 25.7. The van der Waals surface area contributed by atoms with Crippen LogP contribution in [0.5, 0.6) is 0 Å². The molecule has 0 bridgehead atoms. The van der Waals surface area contributed by atoms with E-state index in [0.717, 1.165) is 18.4 Å². The minimum atomic E-state index is -0.365. The Hall–Kier alpha value is -2.57. The zero-order valence-corrected chi connectivity index (χ0v) is 18.2. The van der Waals surface area contributed by atoms with E-state index in [4.69, 9.17) is 27.9 Å². The molecule has 2 aromatic rings. The number of nitrogens with zero attached hydrogens (tertiary/aromatic N) is 5. The summed E-state index contributed by atoms with van der Waals surface area (Å²) in [5.74, 6) is 1.37. The van der Waals surface area contributed by atoms with Gasteiger partial charge in [0, 0.05) is 50.3 Å². The molecule has 11 heteroatoms. The summed E-state index contributed by atoms with van der Waals surface area (Å²) in [4.78, 5) is 18.0. The third-order valence-corrected chi connectivity index (χ3v) is 5.90. The summed E-state index contributed by atoms with van der Waals surface area (Å²) in [6.07, 6.45) is 1.52. The van der Waals surface area contributed by atoms with E-state index in [0.29, 0.717) is 44.0 Å². The van der Waals surface area contributed by atoms with Crippen molar-refractivity contribution in [3.8, 4) is 0 Å². The Morgan fingerprint density at radius 1 is 0.812 bits per heavy atom. The molecule has 0 saturated carbocycles. The van der Waals surface area contributed by atoms with Crippen molar-refractivity contribution in [2.75, 3.05) is 47.9 Å². The second-order valence-electron chi connectivity index (χ2n) is 8.87. The molecular weight excluding hydrogens is 408 g/mol. The van der Waals surface area contributed by atoms with Gasteiger partial charge in [0.05, 0.1) is 12.6 Å². The van der Waals surface area contributed by atoms with E-state index in [1.54, 1.807) is 0 Å². The van der Waals surface area contributed by atoms with E-state index in [-0.39, 0.29) is 36.8 Å². The van der Waals surface area contributed by atoms with Gasteiger partial charge < -0.3 is 43.2 Å². The number of piperidine rings is 2. The van der Waals surface area contributed by atoms with Gasteiger partial charge in [-0.3, -0.25) is 0 Å². The Balaban J connectivity index is 1.66. The lowest BCUT2D eigenvalue weighted by Gasteiger charge is -2.37. The number of aromatic nitrogens is 3. The summed E-state index contributed by atoms with van der Waals surface area (Å²) >= 11 is 0. The van der Waals surface area contributed by atoms with Gasteiger partial charge in [0.15, 0.2) is 0 Å². The first kappa shape index (κ1) is 22.6. The summed E-state index contributed by atoms with van der Waals surface area (Å²) in [7, 11) is 0. The van der Waals surface area contributed by atoms with Gasteiger partial charge in [0.2, 0.25) is 17.8 Å². The van der Waals surface area contributed by atoms with Crippen molar-refractivity contribution in [1.29, 1.82) is 0 Å². The monoisotopic (exact) mass is 442 g/mol. The van der Waals surface area contributed by atoms with Gasteiger partial charge in [0.25, 0.3) is 0 Å². The molecule has 0 aliphatic carbocycles. The molecule has 2 aliphatic heterocycles. The first-order valence-corrected chi connectivity index (χ1v) is 11.1. The highest BCUT2D eigenvalue weighted by Crippen LogP contribution is 2.24. The molecule has 4 rings (SSSR count). The number of nitrogens with two attached hydrogens (primary N) is 4. The van der Waals surface area contributed by atoms with Crippen LogP contribution in [-0.4, -0.2) is 77.0 Å². The zero-order valence-electron chi connectivity index (χ0n) is 18.2. The first-order chi connectivity index (χ1) is 15.4. The van der Waals surface area contributed by atoms with Gasteiger partial charge in [-0.15, -0.1) is 0 Å². The van der Waals surface area contributed by atoms with Crippen LogP contribution >= 0.6 is 0 Å². The maximum Gasteiger partial charge on any atom is 0.232 e. The van der Waals surface area contributed by atoms with E-state index in [2.05, 4.69) is 15.3 Å². The number of aliphatic hydroxyl groups is 1. The van der Waals surface area contributed by atoms with Gasteiger partial charge in [-0.2, -0.15) is 15.0 Å². The number of hydrogen-bond acceptors (Lipinski definition) is 11. The highest BCUT2D eigenvalue weighted by atomic mass is 16.3. The van der Waals surface area contributed by atoms with Crippen LogP contribution in [0.4, 0.5) is 17.8 Å². The Morgan fingerprint density at radius 3 is 1.72 bits per heavy atom. The smallest absolute Gasteiger partial charge is 0.232 e. The fourth-order valence-corrected chi connectivity index (χ4v) is 4.46. The molecule has 2 aliphatic rings. The molecule has 0 radical (unpaired) electrons. The molecule has 0 spiro atoms. The molecule has 10 N–H and O–H groups in total. The molecule has 1 aromatic carbocycles. The molecule has 0 amide bonds. The molecule has 2 fully saturated rings. The summed E-state index contributed by atoms with van der Waals surface area (Å²) in [5, 5.41) is 13.3. The zero-order chi connectivity index (χ0) is 22.7. The van der Waals surface area contributed by atoms with Gasteiger partial charge >= 0.3 is 0 Å². The van der Waals surface area contributed by atoms with E-state index < -0.39 is 0 Å². The highest BCUT2D eigenvalue weighted by Gasteiger charge is 2.29. The number of nitrogens with one attached hydrogen (secondary N) is 1. The maximum atomic E-state index is 10.00. The Morgan fingerprint density at radius 2 is 1.28 bits per heavy atom. The lowest BCUT2D eigenvalue weighted by molar-refractivity contribution is 0.276. The fourth-order valence-electron chi connectivity index (χ4n) is 4.46. The second kappa shape index (κ2) is 9.92. The van der Waals surface area contributed by atoms with Crippen LogP contribution in [0.1, 0.15) is 24.4 Å². The van der Waals surface area contributed by atoms with Crippen molar-refractivity contribution in [2.24, 2.45) is 22.9 Å². The van der Waals surface area contributed by atoms with Crippen LogP contribution in [-0.2, 0) is 0 Å². The SMILES string of the molecule is N[C@@H]1C[C@H](N)CN(c2nc(N[C@@H](CO)c3ccccc3)nc(N3C[C@H](N)C[C@H](N)C3)n2)C1. The number of benzene rings is 1. The molecule has 11 nitrogen and oxygen atoms in total. The van der Waals surface area contributed by atoms with E-state index in [1.807, 2.05) is 40.1 Å². The van der Waals surface area contributed by atoms with Crippen LogP contribution in [0.2, 0.25) is 0 Å². The second-order valence-corrected chi connectivity index (χ2v) is 8.87. The Kier molecular flexibility index (Phi) is 7.01. The lowest BCUT2D eigenvalue weighted by atomic mass is 10.0. The molecule has 0 unspecified atom stereocenters. The fraction of sp³-hybridized carbons (Fsp3) is 0.571. The van der Waals surface area contributed by atoms with Gasteiger partial charge in [-0.1, -0.05) is 30.3 Å². The summed E-state index contributed by atoms with van der Waals surface area (Å²) in [6, 6.07) is 9.10. The maximum absolute atomic E-state index is 10.00. The predicted molar refractivity (Wildman–Crippen MR) is 125 cm³/mol. The molecule has 5 atom stereocenters. The minimum absolute atomic E-state index is 0.0540. The van der Waals surface area contributed by atoms with Crippen molar-refractivity contribution in [3.05, 3.63) is 35.9 Å². The standard InChI is InChI=1S/C21H34N10O/c22-14-6-15(23)9-30(8-14)20-27-19(26-18(12-32)13-4-2-1-3-5-13)28-21(29-20)31-10-16(24)7-17(25)11-31/h1-5,14-18,32H,6-12,22-25H2,(H,26,27,28,29)/t14-,15+,16-,17+,18-/m0/s1. The van der Waals surface area contributed by atoms with Crippen LogP contribution < -0.4 is 38.1 Å². The topological polar surface area (TPSA) is 181 Å². The number of rotatable bonds is 6. The van der Waals surface area contributed by atoms with Crippen molar-refractivity contribution in [3.63, 3.8) is 0 Å². The van der Waals surface area contributed by atoms with Gasteiger partial charge in [-0.05, 0) is 18.4 Å². The third-order valence-electron chi connectivity index (χ3n) is 5.90. The van der Waals surface area contributed by atoms with Crippen LogP contribution in [0, 0.1) is 0 Å². The molecule has 1 aromatic heterocycles.